The van der Waals surface area contributed by atoms with Crippen molar-refractivity contribution in [1.82, 2.24) is 37.2 Å². The lowest BCUT2D eigenvalue weighted by Crippen LogP contribution is -2.39. The summed E-state index contributed by atoms with van der Waals surface area (Å²) in [5, 5.41) is 30.5. The van der Waals surface area contributed by atoms with Crippen LogP contribution in [-0.4, -0.2) is 163 Å². The van der Waals surface area contributed by atoms with Crippen molar-refractivity contribution in [2.75, 3.05) is 32.7 Å². The second-order valence-electron chi connectivity index (χ2n) is 14.8. The third kappa shape index (κ3) is 38.6. The zero-order valence-electron chi connectivity index (χ0n) is 42.8. The van der Waals surface area contributed by atoms with Crippen LogP contribution in [0.15, 0.2) is 30.3 Å². The van der Waals surface area contributed by atoms with Crippen molar-refractivity contribution in [2.45, 2.75) is 102 Å². The van der Waals surface area contributed by atoms with E-state index in [1.54, 1.807) is 12.2 Å². The molecule has 81 heavy (non-hydrogen) atoms. The Balaban J connectivity index is -0.000000916. The molecule has 4 aliphatic heterocycles. The molecular weight excluding hydrogens is 1110 g/mol. The van der Waals surface area contributed by atoms with E-state index in [0.29, 0.717) is 6.42 Å². The number of carbonyl (C=O) groups excluding carboxylic acids is 11. The molecule has 448 valence electrons. The number of alkyl carbamates (subject to hydrolysis) is 4. The monoisotopic (exact) mass is 1170 g/mol. The second kappa shape index (κ2) is 41.6. The molecular formula is C46H56F6N8O21. The first-order valence-corrected chi connectivity index (χ1v) is 22.7. The molecule has 0 bridgehead atoms. The number of cyclic esters (lactones) is 8. The van der Waals surface area contributed by atoms with Gasteiger partial charge in [-0.15, -0.1) is 6.42 Å². The third-order valence-electron chi connectivity index (χ3n) is 8.46. The van der Waals surface area contributed by atoms with Crippen LogP contribution in [0, 0.1) is 36.0 Å². The average Bonchev–Trinajstić information content (AvgIpc) is 4.10. The van der Waals surface area contributed by atoms with Gasteiger partial charge in [-0.05, 0) is 74.9 Å². The lowest BCUT2D eigenvalue weighted by Gasteiger charge is -2.08. The van der Waals surface area contributed by atoms with Crippen molar-refractivity contribution < 1.29 is 128 Å². The number of alkyl halides is 6. The quantitative estimate of drug-likeness (QED) is 0.0249. The molecule has 13 N–H and O–H groups in total. The standard InChI is InChI=1S/C13H13NO5.C10H5NO3.C9H11F3N2O4.C4H4F3NO3.C4H5NO3.C4H11N.C2H5NO2.H2O/c15-11(18-8-9-4-2-1-3-5-9)7-6-10-12(16)19-13(17)14-10;1-2-3-4-5-6-7-8-9(12)14-10(13)11-8;10-9(11,12)7(16)13-4-2-1-3-5-6(15)18-8(17)14-5;5-4(6,7)3(11)8-1-2(9)10;1-2-3(6)8-4(7)5-2;1-3-5-4-2;3-1-2(4)5;/h1-5,10H,6-8H2,(H,14,17);1,8H,7H2,(H,11,13);5H,1-4H2,(H,13,16)(H,14,17);1H2,(H,8,11)(H,9,10);2H,1H3,(H,5,7);5H,3-4H2,1-2H3;1,3H2,(H,4,5);1H2/t10-;8-;5-;;2-;;;/m111.1.../s1. The number of halogens is 6. The summed E-state index contributed by atoms with van der Waals surface area (Å²) < 4.78 is 91.1. The highest BCUT2D eigenvalue weighted by Crippen LogP contribution is 2.15. The molecule has 4 atom stereocenters. The van der Waals surface area contributed by atoms with Crippen molar-refractivity contribution in [1.29, 1.82) is 0 Å². The summed E-state index contributed by atoms with van der Waals surface area (Å²) >= 11 is 0. The van der Waals surface area contributed by atoms with E-state index in [-0.39, 0.29) is 57.3 Å². The summed E-state index contributed by atoms with van der Waals surface area (Å²) in [6.07, 6.45) is -6.74. The molecule has 0 saturated carbocycles. The molecule has 1 aromatic carbocycles. The van der Waals surface area contributed by atoms with Gasteiger partial charge in [0.2, 0.25) is 0 Å². The molecule has 0 aliphatic carbocycles. The van der Waals surface area contributed by atoms with Crippen LogP contribution in [-0.2, 0) is 73.4 Å². The fourth-order valence-corrected chi connectivity index (χ4v) is 4.76. The number of amides is 6. The first-order valence-electron chi connectivity index (χ1n) is 22.7. The van der Waals surface area contributed by atoms with Crippen LogP contribution in [0.3, 0.4) is 0 Å². The Morgan fingerprint density at radius 1 is 0.667 bits per heavy atom. The van der Waals surface area contributed by atoms with Crippen molar-refractivity contribution in [3.05, 3.63) is 35.9 Å². The first-order chi connectivity index (χ1) is 37.4. The summed E-state index contributed by atoms with van der Waals surface area (Å²) in [6.45, 7) is 6.70. The highest BCUT2D eigenvalue weighted by Gasteiger charge is 2.39. The number of benzene rings is 1. The van der Waals surface area contributed by atoms with Crippen molar-refractivity contribution in [3.63, 3.8) is 0 Å². The number of terminal acetylenes is 1. The van der Waals surface area contributed by atoms with Crippen LogP contribution in [0.4, 0.5) is 45.5 Å². The molecule has 0 spiro atoms. The molecule has 0 aromatic heterocycles. The van der Waals surface area contributed by atoms with Gasteiger partial charge in [0.05, 0.1) is 6.54 Å². The van der Waals surface area contributed by atoms with Gasteiger partial charge < -0.3 is 82.3 Å². The van der Waals surface area contributed by atoms with Crippen LogP contribution in [0.5, 0.6) is 0 Å². The number of unbranched alkanes of at least 4 members (excludes halogenated alkanes) is 1. The number of nitrogens with one attached hydrogen (secondary N) is 7. The maximum Gasteiger partial charge on any atom is 0.471 e. The molecule has 6 amide bonds. The van der Waals surface area contributed by atoms with Gasteiger partial charge in [0.25, 0.3) is 0 Å². The van der Waals surface area contributed by atoms with Gasteiger partial charge in [-0.3, -0.25) is 24.0 Å². The number of nitrogens with two attached hydrogens (primary N) is 1. The fraction of sp³-hybridized carbons (Fsp3) is 0.457. The first kappa shape index (κ1) is 75.7. The van der Waals surface area contributed by atoms with Crippen molar-refractivity contribution in [2.24, 2.45) is 5.73 Å². The van der Waals surface area contributed by atoms with E-state index in [0.717, 1.165) is 24.0 Å². The highest BCUT2D eigenvalue weighted by molar-refractivity contribution is 5.97. The van der Waals surface area contributed by atoms with E-state index >= 15 is 0 Å². The van der Waals surface area contributed by atoms with E-state index in [2.05, 4.69) is 94.7 Å². The van der Waals surface area contributed by atoms with Gasteiger partial charge in [-0.1, -0.05) is 50.1 Å². The van der Waals surface area contributed by atoms with E-state index in [4.69, 9.17) is 21.4 Å². The van der Waals surface area contributed by atoms with Gasteiger partial charge in [0.1, 0.15) is 37.3 Å². The van der Waals surface area contributed by atoms with E-state index in [1.165, 1.54) is 0 Å². The lowest BCUT2D eigenvalue weighted by molar-refractivity contribution is -0.174. The highest BCUT2D eigenvalue weighted by atomic mass is 19.4. The third-order valence-corrected chi connectivity index (χ3v) is 8.46. The van der Waals surface area contributed by atoms with Crippen LogP contribution in [0.25, 0.3) is 0 Å². The minimum atomic E-state index is -5.02. The molecule has 4 heterocycles. The van der Waals surface area contributed by atoms with Crippen LogP contribution in [0.1, 0.15) is 64.9 Å². The van der Waals surface area contributed by atoms with Gasteiger partial charge in [-0.25, -0.2) is 38.4 Å². The molecule has 0 unspecified atom stereocenters. The molecule has 5 rings (SSSR count). The number of esters is 5. The Labute approximate surface area is 455 Å². The van der Waals surface area contributed by atoms with E-state index in [1.807, 2.05) is 30.3 Å². The minimum Gasteiger partial charge on any atom is -0.480 e. The van der Waals surface area contributed by atoms with E-state index in [9.17, 15) is 88.7 Å². The summed E-state index contributed by atoms with van der Waals surface area (Å²) in [5.41, 5.74) is 5.46. The Hall–Kier alpha value is -9.53. The second-order valence-corrected chi connectivity index (χ2v) is 14.8. The van der Waals surface area contributed by atoms with Gasteiger partial charge in [0, 0.05) is 19.4 Å². The number of carboxylic acids is 2. The lowest BCUT2D eigenvalue weighted by atomic mass is 10.1. The van der Waals surface area contributed by atoms with Gasteiger partial charge >= 0.3 is 90.3 Å². The Bertz CT molecular complexity index is 2490. The van der Waals surface area contributed by atoms with Crippen molar-refractivity contribution in [3.8, 4) is 36.0 Å². The number of carbonyl (C=O) groups is 13. The summed E-state index contributed by atoms with van der Waals surface area (Å²) in [7, 11) is 0. The number of carboxylic acid groups (broad SMARTS) is 2. The zero-order valence-corrected chi connectivity index (χ0v) is 42.8. The van der Waals surface area contributed by atoms with Crippen LogP contribution < -0.4 is 43.0 Å². The minimum absolute atomic E-state index is 0. The zero-order chi connectivity index (χ0) is 61.4. The maximum atomic E-state index is 11.8. The summed E-state index contributed by atoms with van der Waals surface area (Å²) in [5.74, 6) is 2.15. The van der Waals surface area contributed by atoms with Gasteiger partial charge in [-0.2, -0.15) is 26.3 Å². The normalized spacial score (nSPS) is 16.7. The molecule has 1 aromatic rings. The number of rotatable bonds is 16. The molecule has 0 radical (unpaired) electrons. The summed E-state index contributed by atoms with van der Waals surface area (Å²) in [4.78, 5) is 136. The fourth-order valence-electron chi connectivity index (χ4n) is 4.76. The van der Waals surface area contributed by atoms with Crippen LogP contribution in [0.2, 0.25) is 0 Å². The topological polar surface area (TPSA) is 450 Å². The molecule has 35 heteroatoms. The predicted octanol–water partition coefficient (Wildman–Crippen LogP) is -0.522. The SMILES string of the molecule is C#CC#CC#CC[C@H]1NC(=O)OC1=O.CCNCC.C[C@H]1NC(=O)OC1=O.NCC(=O)O.O.O=C(CC[C@H]1NC(=O)OC1=O)OCc1ccccc1.O=C(O)CNC(=O)C(F)(F)F.O=C1N[C@H](CCCCNC(=O)C(F)(F)F)C(=O)O1. The van der Waals surface area contributed by atoms with Crippen molar-refractivity contribution >= 4 is 78.0 Å². The van der Waals surface area contributed by atoms with Crippen LogP contribution >= 0.6 is 0 Å². The number of ether oxygens (including phenoxy) is 5. The number of hydrogen-bond acceptors (Lipinski definition) is 20. The Morgan fingerprint density at radius 3 is 1.49 bits per heavy atom. The smallest absolute Gasteiger partial charge is 0.471 e. The molecule has 4 fully saturated rings. The average molecular weight is 1170 g/mol. The van der Waals surface area contributed by atoms with E-state index < -0.39 is 121 Å². The number of aliphatic carboxylic acids is 2. The molecule has 4 saturated heterocycles. The molecule has 4 aliphatic rings. The Kier molecular flexibility index (Phi) is 38.8. The largest absolute Gasteiger partial charge is 0.480 e. The molecule has 29 nitrogen and oxygen atoms in total. The Morgan fingerprint density at radius 2 is 1.12 bits per heavy atom. The maximum absolute atomic E-state index is 11.8. The van der Waals surface area contributed by atoms with Gasteiger partial charge in [0.15, 0.2) is 0 Å². The number of hydrogen-bond donors (Lipinski definition) is 10. The predicted molar refractivity (Wildman–Crippen MR) is 258 cm³/mol. The summed E-state index contributed by atoms with van der Waals surface area (Å²) in [6, 6.07) is 6.61.